The van der Waals surface area contributed by atoms with Crippen LogP contribution in [0.15, 0.2) is 18.3 Å². The molecule has 2 heterocycles. The molecular formula is C8H7NOS. The number of pyridine rings is 1. The summed E-state index contributed by atoms with van der Waals surface area (Å²) < 4.78 is 0. The highest BCUT2D eigenvalue weighted by Gasteiger charge is 2.05. The Hall–Kier alpha value is -1.09. The maximum absolute atomic E-state index is 9.47. The smallest absolute Gasteiger partial charge is 0.138 e. The van der Waals surface area contributed by atoms with Crippen LogP contribution in [0.25, 0.3) is 10.2 Å². The van der Waals surface area contributed by atoms with Crippen molar-refractivity contribution >= 4 is 21.6 Å². The van der Waals surface area contributed by atoms with Gasteiger partial charge in [0, 0.05) is 11.1 Å². The van der Waals surface area contributed by atoms with Gasteiger partial charge in [-0.3, -0.25) is 0 Å². The van der Waals surface area contributed by atoms with E-state index in [2.05, 4.69) is 4.98 Å². The van der Waals surface area contributed by atoms with Gasteiger partial charge in [-0.1, -0.05) is 0 Å². The van der Waals surface area contributed by atoms with Gasteiger partial charge in [-0.25, -0.2) is 4.98 Å². The molecular weight excluding hydrogens is 158 g/mol. The highest BCUT2D eigenvalue weighted by Crippen LogP contribution is 2.33. The van der Waals surface area contributed by atoms with Crippen LogP contribution in [0.4, 0.5) is 0 Å². The molecule has 0 aliphatic heterocycles. The molecule has 0 saturated carbocycles. The van der Waals surface area contributed by atoms with Gasteiger partial charge in [-0.15, -0.1) is 11.3 Å². The molecule has 0 aliphatic carbocycles. The van der Waals surface area contributed by atoms with E-state index in [4.69, 9.17) is 0 Å². The summed E-state index contributed by atoms with van der Waals surface area (Å²) in [7, 11) is 0. The number of hydrogen-bond donors (Lipinski definition) is 1. The van der Waals surface area contributed by atoms with Crippen molar-refractivity contribution in [2.75, 3.05) is 0 Å². The summed E-state index contributed by atoms with van der Waals surface area (Å²) in [5.41, 5.74) is 0. The van der Waals surface area contributed by atoms with Crippen molar-refractivity contribution in [3.63, 3.8) is 0 Å². The van der Waals surface area contributed by atoms with Crippen molar-refractivity contribution in [2.24, 2.45) is 0 Å². The van der Waals surface area contributed by atoms with E-state index in [1.54, 1.807) is 6.20 Å². The molecule has 0 saturated heterocycles. The Morgan fingerprint density at radius 1 is 1.55 bits per heavy atom. The number of thiophene rings is 1. The maximum Gasteiger partial charge on any atom is 0.138 e. The zero-order chi connectivity index (χ0) is 7.84. The third-order valence-corrected chi connectivity index (χ3v) is 2.63. The van der Waals surface area contributed by atoms with Gasteiger partial charge in [0.15, 0.2) is 0 Å². The van der Waals surface area contributed by atoms with Gasteiger partial charge in [0.1, 0.15) is 10.6 Å². The molecule has 0 atom stereocenters. The van der Waals surface area contributed by atoms with Crippen LogP contribution in [0.3, 0.4) is 0 Å². The Morgan fingerprint density at radius 3 is 3.09 bits per heavy atom. The molecule has 2 nitrogen and oxygen atoms in total. The first-order valence-corrected chi connectivity index (χ1v) is 4.14. The van der Waals surface area contributed by atoms with Crippen LogP contribution in [0, 0.1) is 6.92 Å². The Balaban J connectivity index is 2.92. The molecule has 0 fully saturated rings. The monoisotopic (exact) mass is 165 g/mol. The molecule has 2 aromatic rings. The van der Waals surface area contributed by atoms with Crippen LogP contribution in [0.5, 0.6) is 5.75 Å². The van der Waals surface area contributed by atoms with E-state index in [-0.39, 0.29) is 0 Å². The van der Waals surface area contributed by atoms with Crippen molar-refractivity contribution in [3.05, 3.63) is 23.2 Å². The minimum atomic E-state index is 0.373. The van der Waals surface area contributed by atoms with E-state index in [0.717, 1.165) is 15.1 Å². The van der Waals surface area contributed by atoms with Crippen molar-refractivity contribution in [3.8, 4) is 5.75 Å². The summed E-state index contributed by atoms with van der Waals surface area (Å²) in [6.45, 7) is 1.89. The first kappa shape index (κ1) is 6.61. The largest absolute Gasteiger partial charge is 0.506 e. The van der Waals surface area contributed by atoms with Crippen LogP contribution in [0.1, 0.15) is 4.88 Å². The molecule has 3 heteroatoms. The maximum atomic E-state index is 9.47. The lowest BCUT2D eigenvalue weighted by molar-refractivity contribution is 0.480. The Kier molecular flexibility index (Phi) is 1.32. The van der Waals surface area contributed by atoms with Crippen molar-refractivity contribution in [1.82, 2.24) is 4.98 Å². The third kappa shape index (κ3) is 0.886. The molecule has 0 aromatic carbocycles. The Labute approximate surface area is 68.1 Å². The minimum Gasteiger partial charge on any atom is -0.506 e. The molecule has 1 N–H and O–H groups in total. The predicted octanol–water partition coefficient (Wildman–Crippen LogP) is 2.31. The van der Waals surface area contributed by atoms with Crippen molar-refractivity contribution in [1.29, 1.82) is 0 Å². The molecule has 56 valence electrons. The SMILES string of the molecule is Cc1sc2ncccc2c1O. The van der Waals surface area contributed by atoms with Gasteiger partial charge >= 0.3 is 0 Å². The molecule has 0 spiro atoms. The summed E-state index contributed by atoms with van der Waals surface area (Å²) >= 11 is 1.52. The zero-order valence-corrected chi connectivity index (χ0v) is 6.85. The van der Waals surface area contributed by atoms with Crippen molar-refractivity contribution < 1.29 is 5.11 Å². The fraction of sp³-hybridized carbons (Fsp3) is 0.125. The van der Waals surface area contributed by atoms with Crippen molar-refractivity contribution in [2.45, 2.75) is 6.92 Å². The van der Waals surface area contributed by atoms with E-state index in [9.17, 15) is 5.11 Å². The summed E-state index contributed by atoms with van der Waals surface area (Å²) in [5, 5.41) is 10.3. The lowest BCUT2D eigenvalue weighted by atomic mass is 10.3. The van der Waals surface area contributed by atoms with Gasteiger partial charge < -0.3 is 5.11 Å². The van der Waals surface area contributed by atoms with Crippen LogP contribution in [-0.2, 0) is 0 Å². The van der Waals surface area contributed by atoms with Gasteiger partial charge in [0.25, 0.3) is 0 Å². The zero-order valence-electron chi connectivity index (χ0n) is 6.03. The second kappa shape index (κ2) is 2.20. The molecule has 2 aromatic heterocycles. The summed E-state index contributed by atoms with van der Waals surface area (Å²) in [6, 6.07) is 3.70. The standard InChI is InChI=1S/C8H7NOS/c1-5-7(10)6-3-2-4-9-8(6)11-5/h2-4,10H,1H3. The first-order valence-electron chi connectivity index (χ1n) is 3.32. The Morgan fingerprint density at radius 2 is 2.36 bits per heavy atom. The molecule has 0 amide bonds. The number of aryl methyl sites for hydroxylation is 1. The molecule has 2 rings (SSSR count). The van der Waals surface area contributed by atoms with Crippen LogP contribution in [-0.4, -0.2) is 10.1 Å². The van der Waals surface area contributed by atoms with Crippen LogP contribution in [0.2, 0.25) is 0 Å². The second-order valence-corrected chi connectivity index (χ2v) is 3.57. The lowest BCUT2D eigenvalue weighted by Gasteiger charge is -1.87. The quantitative estimate of drug-likeness (QED) is 0.649. The predicted molar refractivity (Wildman–Crippen MR) is 46.0 cm³/mol. The van der Waals surface area contributed by atoms with Gasteiger partial charge in [0.2, 0.25) is 0 Å². The molecule has 0 bridgehead atoms. The van der Waals surface area contributed by atoms with Crippen LogP contribution >= 0.6 is 11.3 Å². The number of fused-ring (bicyclic) bond motifs is 1. The topological polar surface area (TPSA) is 33.1 Å². The van der Waals surface area contributed by atoms with Gasteiger partial charge in [0.05, 0.1) is 5.39 Å². The van der Waals surface area contributed by atoms with E-state index in [1.165, 1.54) is 11.3 Å². The highest BCUT2D eigenvalue weighted by molar-refractivity contribution is 7.19. The van der Waals surface area contributed by atoms with E-state index in [1.807, 2.05) is 19.1 Å². The first-order chi connectivity index (χ1) is 5.29. The van der Waals surface area contributed by atoms with E-state index in [0.29, 0.717) is 5.75 Å². The Bertz CT molecular complexity index is 394. The second-order valence-electron chi connectivity index (χ2n) is 2.36. The third-order valence-electron chi connectivity index (χ3n) is 1.61. The number of aromatic hydroxyl groups is 1. The molecule has 0 aliphatic rings. The normalized spacial score (nSPS) is 10.6. The molecule has 0 unspecified atom stereocenters. The summed E-state index contributed by atoms with van der Waals surface area (Å²) in [6.07, 6.45) is 1.73. The number of aromatic nitrogens is 1. The molecule has 0 radical (unpaired) electrons. The number of rotatable bonds is 0. The average molecular weight is 165 g/mol. The van der Waals surface area contributed by atoms with Crippen LogP contribution < -0.4 is 0 Å². The highest BCUT2D eigenvalue weighted by atomic mass is 32.1. The molecule has 11 heavy (non-hydrogen) atoms. The summed E-state index contributed by atoms with van der Waals surface area (Å²) in [4.78, 5) is 5.96. The number of hydrogen-bond acceptors (Lipinski definition) is 3. The fourth-order valence-corrected chi connectivity index (χ4v) is 1.92. The summed E-state index contributed by atoms with van der Waals surface area (Å²) in [5.74, 6) is 0.373. The average Bonchev–Trinajstić information content (AvgIpc) is 2.30. The van der Waals surface area contributed by atoms with Gasteiger partial charge in [-0.05, 0) is 19.1 Å². The minimum absolute atomic E-state index is 0.373. The number of nitrogens with zero attached hydrogens (tertiary/aromatic N) is 1. The van der Waals surface area contributed by atoms with Gasteiger partial charge in [-0.2, -0.15) is 0 Å². The van der Waals surface area contributed by atoms with E-state index < -0.39 is 0 Å². The fourth-order valence-electron chi connectivity index (χ4n) is 1.04. The van der Waals surface area contributed by atoms with E-state index >= 15 is 0 Å². The lowest BCUT2D eigenvalue weighted by Crippen LogP contribution is -1.67.